The lowest BCUT2D eigenvalue weighted by atomic mass is 9.87. The lowest BCUT2D eigenvalue weighted by Crippen LogP contribution is -2.42. The number of benzene rings is 1. The fourth-order valence-electron chi connectivity index (χ4n) is 2.87. The van der Waals surface area contributed by atoms with Gasteiger partial charge >= 0.3 is 0 Å². The summed E-state index contributed by atoms with van der Waals surface area (Å²) in [4.78, 5) is 12.1. The van der Waals surface area contributed by atoms with Crippen LogP contribution in [0.2, 0.25) is 0 Å². The first-order valence-corrected chi connectivity index (χ1v) is 7.09. The number of carbonyl (C=O) groups excluding carboxylic acids is 1. The van der Waals surface area contributed by atoms with Crippen LogP contribution in [0.25, 0.3) is 0 Å². The maximum atomic E-state index is 12.1. The molecule has 1 saturated carbocycles. The van der Waals surface area contributed by atoms with Crippen LogP contribution >= 0.6 is 12.4 Å². The summed E-state index contributed by atoms with van der Waals surface area (Å²) in [6.45, 7) is 4.45. The Balaban J connectivity index is 0.00000200. The molecule has 3 N–H and O–H groups in total. The summed E-state index contributed by atoms with van der Waals surface area (Å²) in [5, 5.41) is 3.15. The molecule has 1 aromatic rings. The lowest BCUT2D eigenvalue weighted by molar-refractivity contribution is -0.122. The highest BCUT2D eigenvalue weighted by molar-refractivity contribution is 5.85. The molecule has 0 spiro atoms. The average molecular weight is 297 g/mol. The third kappa shape index (κ3) is 4.22. The van der Waals surface area contributed by atoms with Gasteiger partial charge in [0.25, 0.3) is 0 Å². The van der Waals surface area contributed by atoms with Crippen LogP contribution in [0.4, 0.5) is 0 Å². The third-order valence-electron chi connectivity index (χ3n) is 4.23. The Kier molecular flexibility index (Phi) is 6.03. The van der Waals surface area contributed by atoms with Crippen LogP contribution in [0, 0.1) is 5.41 Å². The van der Waals surface area contributed by atoms with Gasteiger partial charge in [0.15, 0.2) is 0 Å². The molecular weight excluding hydrogens is 272 g/mol. The van der Waals surface area contributed by atoms with Crippen LogP contribution in [-0.4, -0.2) is 11.9 Å². The SMILES string of the molecule is CC1(C)CCCC1NC(=O)CC(N)c1ccccc1.Cl. The van der Waals surface area contributed by atoms with E-state index in [1.807, 2.05) is 30.3 Å². The third-order valence-corrected chi connectivity index (χ3v) is 4.23. The highest BCUT2D eigenvalue weighted by atomic mass is 35.5. The van der Waals surface area contributed by atoms with E-state index in [1.54, 1.807) is 0 Å². The minimum atomic E-state index is -0.217. The number of halogens is 1. The maximum absolute atomic E-state index is 12.1. The standard InChI is InChI=1S/C16H24N2O.ClH/c1-16(2)10-6-9-14(16)18-15(19)11-13(17)12-7-4-3-5-8-12;/h3-5,7-8,13-14H,6,9-11,17H2,1-2H3,(H,18,19);1H. The van der Waals surface area contributed by atoms with Gasteiger partial charge in [0.05, 0.1) is 0 Å². The quantitative estimate of drug-likeness (QED) is 0.896. The second kappa shape index (κ2) is 7.09. The highest BCUT2D eigenvalue weighted by Crippen LogP contribution is 2.37. The van der Waals surface area contributed by atoms with Crippen molar-refractivity contribution in [2.75, 3.05) is 0 Å². The van der Waals surface area contributed by atoms with Crippen LogP contribution in [0.5, 0.6) is 0 Å². The summed E-state index contributed by atoms with van der Waals surface area (Å²) < 4.78 is 0. The predicted molar refractivity (Wildman–Crippen MR) is 84.8 cm³/mol. The smallest absolute Gasteiger partial charge is 0.222 e. The van der Waals surface area contributed by atoms with Gasteiger partial charge in [-0.3, -0.25) is 4.79 Å². The molecule has 4 heteroatoms. The van der Waals surface area contributed by atoms with Crippen molar-refractivity contribution in [3.8, 4) is 0 Å². The Hall–Kier alpha value is -1.06. The van der Waals surface area contributed by atoms with Gasteiger partial charge < -0.3 is 11.1 Å². The van der Waals surface area contributed by atoms with Crippen molar-refractivity contribution in [2.45, 2.75) is 51.6 Å². The van der Waals surface area contributed by atoms with Crippen molar-refractivity contribution < 1.29 is 4.79 Å². The Morgan fingerprint density at radius 2 is 2.05 bits per heavy atom. The second-order valence-corrected chi connectivity index (χ2v) is 6.22. The highest BCUT2D eigenvalue weighted by Gasteiger charge is 2.35. The number of nitrogens with one attached hydrogen (secondary N) is 1. The monoisotopic (exact) mass is 296 g/mol. The number of hydrogen-bond acceptors (Lipinski definition) is 2. The first kappa shape index (κ1) is 17.0. The summed E-state index contributed by atoms with van der Waals surface area (Å²) in [5.74, 6) is 0.0660. The second-order valence-electron chi connectivity index (χ2n) is 6.22. The molecule has 112 valence electrons. The number of amides is 1. The van der Waals surface area contributed by atoms with E-state index >= 15 is 0 Å². The molecule has 0 radical (unpaired) electrons. The van der Waals surface area contributed by atoms with Gasteiger partial charge in [0.1, 0.15) is 0 Å². The van der Waals surface area contributed by atoms with Crippen molar-refractivity contribution in [1.29, 1.82) is 0 Å². The lowest BCUT2D eigenvalue weighted by Gasteiger charge is -2.28. The van der Waals surface area contributed by atoms with Crippen molar-refractivity contribution in [1.82, 2.24) is 5.32 Å². The molecule has 0 aliphatic heterocycles. The minimum Gasteiger partial charge on any atom is -0.353 e. The molecule has 1 aromatic carbocycles. The largest absolute Gasteiger partial charge is 0.353 e. The van der Waals surface area contributed by atoms with Crippen molar-refractivity contribution in [2.24, 2.45) is 11.1 Å². The first-order chi connectivity index (χ1) is 8.99. The van der Waals surface area contributed by atoms with Crippen LogP contribution < -0.4 is 11.1 Å². The Morgan fingerprint density at radius 1 is 1.40 bits per heavy atom. The van der Waals surface area contributed by atoms with Crippen LogP contribution in [0.1, 0.15) is 51.1 Å². The van der Waals surface area contributed by atoms with Gasteiger partial charge in [0, 0.05) is 18.5 Å². The Morgan fingerprint density at radius 3 is 2.60 bits per heavy atom. The fourth-order valence-corrected chi connectivity index (χ4v) is 2.87. The molecule has 0 heterocycles. The Labute approximate surface area is 127 Å². The van der Waals surface area contributed by atoms with Gasteiger partial charge in [-0.2, -0.15) is 0 Å². The summed E-state index contributed by atoms with van der Waals surface area (Å²) >= 11 is 0. The molecule has 2 unspecified atom stereocenters. The average Bonchev–Trinajstić information content (AvgIpc) is 2.69. The summed E-state index contributed by atoms with van der Waals surface area (Å²) in [6, 6.07) is 9.88. The topological polar surface area (TPSA) is 55.1 Å². The molecular formula is C16H25ClN2O. The molecule has 1 fully saturated rings. The number of hydrogen-bond donors (Lipinski definition) is 2. The molecule has 0 bridgehead atoms. The van der Waals surface area contributed by atoms with Gasteiger partial charge in [0.2, 0.25) is 5.91 Å². The predicted octanol–water partition coefficient (Wildman–Crippen LogP) is 3.19. The Bertz CT molecular complexity index is 433. The van der Waals surface area contributed by atoms with E-state index in [4.69, 9.17) is 5.73 Å². The molecule has 3 nitrogen and oxygen atoms in total. The van der Waals surface area contributed by atoms with Crippen molar-refractivity contribution in [3.63, 3.8) is 0 Å². The van der Waals surface area contributed by atoms with Crippen LogP contribution in [-0.2, 0) is 4.79 Å². The number of nitrogens with two attached hydrogens (primary N) is 1. The normalized spacial score (nSPS) is 21.9. The van der Waals surface area contributed by atoms with E-state index in [-0.39, 0.29) is 29.8 Å². The molecule has 2 atom stereocenters. The summed E-state index contributed by atoms with van der Waals surface area (Å²) in [6.07, 6.45) is 3.82. The van der Waals surface area contributed by atoms with Crippen molar-refractivity contribution >= 4 is 18.3 Å². The van der Waals surface area contributed by atoms with Gasteiger partial charge in [-0.05, 0) is 23.8 Å². The van der Waals surface area contributed by atoms with E-state index in [9.17, 15) is 4.79 Å². The molecule has 1 amide bonds. The first-order valence-electron chi connectivity index (χ1n) is 7.09. The molecule has 20 heavy (non-hydrogen) atoms. The zero-order valence-corrected chi connectivity index (χ0v) is 13.1. The van der Waals surface area contributed by atoms with Gasteiger partial charge in [-0.15, -0.1) is 12.4 Å². The van der Waals surface area contributed by atoms with Crippen LogP contribution in [0.15, 0.2) is 30.3 Å². The zero-order chi connectivity index (χ0) is 13.9. The molecule has 2 rings (SSSR count). The number of rotatable bonds is 4. The maximum Gasteiger partial charge on any atom is 0.222 e. The molecule has 0 saturated heterocycles. The van der Waals surface area contributed by atoms with Gasteiger partial charge in [-0.25, -0.2) is 0 Å². The van der Waals surface area contributed by atoms with E-state index in [2.05, 4.69) is 19.2 Å². The number of carbonyl (C=O) groups is 1. The molecule has 1 aliphatic carbocycles. The molecule has 1 aliphatic rings. The zero-order valence-electron chi connectivity index (χ0n) is 12.3. The van der Waals surface area contributed by atoms with E-state index < -0.39 is 0 Å². The minimum absolute atomic E-state index is 0. The van der Waals surface area contributed by atoms with E-state index in [0.717, 1.165) is 12.0 Å². The van der Waals surface area contributed by atoms with Gasteiger partial charge in [-0.1, -0.05) is 50.6 Å². The summed E-state index contributed by atoms with van der Waals surface area (Å²) in [5.41, 5.74) is 7.31. The summed E-state index contributed by atoms with van der Waals surface area (Å²) in [7, 11) is 0. The van der Waals surface area contributed by atoms with E-state index in [1.165, 1.54) is 12.8 Å². The van der Waals surface area contributed by atoms with Crippen molar-refractivity contribution in [3.05, 3.63) is 35.9 Å². The fraction of sp³-hybridized carbons (Fsp3) is 0.562. The van der Waals surface area contributed by atoms with Crippen LogP contribution in [0.3, 0.4) is 0 Å². The van der Waals surface area contributed by atoms with E-state index in [0.29, 0.717) is 12.5 Å². The molecule has 0 aromatic heterocycles.